The summed E-state index contributed by atoms with van der Waals surface area (Å²) in [7, 11) is 0. The van der Waals surface area contributed by atoms with Gasteiger partial charge in [-0.1, -0.05) is 67.0 Å². The lowest BCUT2D eigenvalue weighted by Gasteiger charge is -2.32. The Morgan fingerprint density at radius 3 is 2.53 bits per heavy atom. The van der Waals surface area contributed by atoms with Crippen LogP contribution in [0.1, 0.15) is 73.4 Å². The van der Waals surface area contributed by atoms with E-state index < -0.39 is 5.60 Å². The van der Waals surface area contributed by atoms with Crippen LogP contribution in [-0.4, -0.2) is 16.3 Å². The molecule has 1 aromatic heterocycles. The van der Waals surface area contributed by atoms with Crippen LogP contribution >= 0.6 is 11.6 Å². The molecular formula is C32H39ClN2O. The van der Waals surface area contributed by atoms with Gasteiger partial charge in [-0.3, -0.25) is 4.99 Å². The Morgan fingerprint density at radius 1 is 1.11 bits per heavy atom. The van der Waals surface area contributed by atoms with Crippen molar-refractivity contribution in [3.8, 4) is 0 Å². The molecule has 4 heteroatoms. The van der Waals surface area contributed by atoms with Crippen molar-refractivity contribution in [3.63, 3.8) is 0 Å². The smallest absolute Gasteiger partial charge is 0.103 e. The van der Waals surface area contributed by atoms with E-state index in [1.165, 1.54) is 36.0 Å². The first-order chi connectivity index (χ1) is 16.9. The Bertz CT molecular complexity index is 1300. The van der Waals surface area contributed by atoms with Gasteiger partial charge >= 0.3 is 0 Å². The number of aliphatic hydroxyl groups is 1. The van der Waals surface area contributed by atoms with Crippen molar-refractivity contribution in [2.24, 2.45) is 10.4 Å². The van der Waals surface area contributed by atoms with E-state index in [0.29, 0.717) is 16.4 Å². The molecule has 0 saturated carbocycles. The molecule has 0 fully saturated rings. The van der Waals surface area contributed by atoms with Gasteiger partial charge in [-0.15, -0.1) is 0 Å². The number of benzene rings is 1. The molecule has 2 aromatic rings. The Morgan fingerprint density at radius 2 is 1.83 bits per heavy atom. The zero-order valence-corrected chi connectivity index (χ0v) is 23.4. The van der Waals surface area contributed by atoms with Gasteiger partial charge < -0.3 is 5.11 Å². The van der Waals surface area contributed by atoms with Crippen LogP contribution < -0.4 is 0 Å². The minimum absolute atomic E-state index is 0.255. The molecule has 0 atom stereocenters. The predicted molar refractivity (Wildman–Crippen MR) is 156 cm³/mol. The van der Waals surface area contributed by atoms with Gasteiger partial charge in [-0.25, -0.2) is 4.98 Å². The molecule has 0 spiro atoms. The van der Waals surface area contributed by atoms with Crippen LogP contribution in [0.3, 0.4) is 0 Å². The van der Waals surface area contributed by atoms with E-state index in [-0.39, 0.29) is 5.41 Å². The molecule has 1 N–H and O–H groups in total. The van der Waals surface area contributed by atoms with Crippen molar-refractivity contribution >= 4 is 34.4 Å². The highest BCUT2D eigenvalue weighted by Gasteiger charge is 2.26. The molecule has 0 amide bonds. The number of nitrogens with zero attached hydrogens (tertiary/aromatic N) is 2. The van der Waals surface area contributed by atoms with Crippen molar-refractivity contribution in [2.75, 3.05) is 0 Å². The van der Waals surface area contributed by atoms with Gasteiger partial charge in [0, 0.05) is 16.6 Å². The third-order valence-electron chi connectivity index (χ3n) is 6.66. The summed E-state index contributed by atoms with van der Waals surface area (Å²) in [4.78, 5) is 9.25. The van der Waals surface area contributed by atoms with Crippen LogP contribution in [0.2, 0.25) is 5.02 Å². The van der Waals surface area contributed by atoms with E-state index in [1.807, 2.05) is 31.2 Å². The van der Waals surface area contributed by atoms with Gasteiger partial charge in [0.15, 0.2) is 0 Å². The molecule has 0 radical (unpaired) electrons. The molecule has 3 rings (SSSR count). The normalized spacial score (nSPS) is 17.9. The zero-order valence-electron chi connectivity index (χ0n) is 22.7. The highest BCUT2D eigenvalue weighted by Crippen LogP contribution is 2.40. The second-order valence-electron chi connectivity index (χ2n) is 11.0. The number of aliphatic imine (C=N–C) groups is 1. The first-order valence-corrected chi connectivity index (χ1v) is 13.0. The van der Waals surface area contributed by atoms with Crippen molar-refractivity contribution in [1.82, 2.24) is 4.98 Å². The molecule has 1 aliphatic rings. The third-order valence-corrected chi connectivity index (χ3v) is 6.90. The average molecular weight is 503 g/mol. The van der Waals surface area contributed by atoms with Gasteiger partial charge in [-0.05, 0) is 101 Å². The molecule has 1 aliphatic carbocycles. The Balaban J connectivity index is 1.74. The SMILES string of the molecule is CC1=C(/C=C/C(C)=C/C=C/C(C)=C/C=Nc2cc3cc(Cl)ccc3nc2C(C)(C)O)C(C)(C)CCC1. The number of halogens is 1. The van der Waals surface area contributed by atoms with Gasteiger partial charge in [0.2, 0.25) is 0 Å². The minimum Gasteiger partial charge on any atom is -0.384 e. The molecule has 0 aliphatic heterocycles. The van der Waals surface area contributed by atoms with E-state index in [0.717, 1.165) is 16.5 Å². The van der Waals surface area contributed by atoms with E-state index in [9.17, 15) is 5.11 Å². The first kappa shape index (κ1) is 27.8. The van der Waals surface area contributed by atoms with Gasteiger partial charge in [-0.2, -0.15) is 0 Å². The molecule has 0 saturated heterocycles. The predicted octanol–water partition coefficient (Wildman–Crippen LogP) is 9.35. The van der Waals surface area contributed by atoms with Crippen molar-refractivity contribution < 1.29 is 5.11 Å². The van der Waals surface area contributed by atoms with E-state index in [1.54, 1.807) is 26.1 Å². The largest absolute Gasteiger partial charge is 0.384 e. The van der Waals surface area contributed by atoms with Gasteiger partial charge in [0.05, 0.1) is 16.9 Å². The van der Waals surface area contributed by atoms with Crippen LogP contribution in [0, 0.1) is 5.41 Å². The third kappa shape index (κ3) is 7.38. The topological polar surface area (TPSA) is 45.5 Å². The molecule has 1 aromatic carbocycles. The number of allylic oxidation sites excluding steroid dienone is 10. The fraction of sp³-hybridized carbons (Fsp3) is 0.375. The van der Waals surface area contributed by atoms with E-state index in [2.05, 4.69) is 68.1 Å². The van der Waals surface area contributed by atoms with Crippen LogP contribution in [0.15, 0.2) is 88.0 Å². The summed E-state index contributed by atoms with van der Waals surface area (Å²) in [5.74, 6) is 0. The van der Waals surface area contributed by atoms with Gasteiger partial charge in [0.25, 0.3) is 0 Å². The molecule has 190 valence electrons. The molecule has 1 heterocycles. The lowest BCUT2D eigenvalue weighted by Crippen LogP contribution is -2.19. The summed E-state index contributed by atoms with van der Waals surface area (Å²) in [6.07, 6.45) is 18.2. The standard InChI is InChI=1S/C32H39ClN2O/c1-22(13-15-27-24(3)12-9-18-31(27,4)5)10-8-11-23(2)17-19-34-29-21-25-20-26(33)14-16-28(25)35-30(29)32(6,7)36/h8,10-11,13-17,19-21,36H,9,12,18H2,1-7H3/b11-8+,15-13+,22-10+,23-17+,34-19?. The number of aromatic nitrogens is 1. The fourth-order valence-electron chi connectivity index (χ4n) is 4.61. The summed E-state index contributed by atoms with van der Waals surface area (Å²) in [5.41, 5.74) is 6.36. The van der Waals surface area contributed by atoms with E-state index >= 15 is 0 Å². The second-order valence-corrected chi connectivity index (χ2v) is 11.4. The quantitative estimate of drug-likeness (QED) is 0.302. The van der Waals surface area contributed by atoms with Crippen LogP contribution in [0.4, 0.5) is 5.69 Å². The summed E-state index contributed by atoms with van der Waals surface area (Å²) in [6, 6.07) is 7.43. The highest BCUT2D eigenvalue weighted by atomic mass is 35.5. The maximum Gasteiger partial charge on any atom is 0.103 e. The number of rotatable bonds is 7. The summed E-state index contributed by atoms with van der Waals surface area (Å²) in [6.45, 7) is 14.6. The highest BCUT2D eigenvalue weighted by molar-refractivity contribution is 6.31. The van der Waals surface area contributed by atoms with Crippen molar-refractivity contribution in [2.45, 2.75) is 73.3 Å². The van der Waals surface area contributed by atoms with Crippen molar-refractivity contribution in [3.05, 3.63) is 93.7 Å². The van der Waals surface area contributed by atoms with Gasteiger partial charge in [0.1, 0.15) is 5.60 Å². The minimum atomic E-state index is -1.11. The Labute approximate surface area is 221 Å². The molecule has 36 heavy (non-hydrogen) atoms. The molecular weight excluding hydrogens is 464 g/mol. The van der Waals surface area contributed by atoms with Crippen LogP contribution in [-0.2, 0) is 5.60 Å². The molecule has 0 unspecified atom stereocenters. The van der Waals surface area contributed by atoms with Crippen LogP contribution in [0.25, 0.3) is 10.9 Å². The number of hydrogen-bond acceptors (Lipinski definition) is 3. The molecule has 0 bridgehead atoms. The average Bonchev–Trinajstić information content (AvgIpc) is 2.77. The second kappa shape index (κ2) is 11.5. The Hall–Kier alpha value is -2.75. The zero-order chi connectivity index (χ0) is 26.5. The summed E-state index contributed by atoms with van der Waals surface area (Å²) in [5, 5.41) is 12.2. The lowest BCUT2D eigenvalue weighted by molar-refractivity contribution is 0.0749. The monoisotopic (exact) mass is 502 g/mol. The summed E-state index contributed by atoms with van der Waals surface area (Å²) < 4.78 is 0. The lowest BCUT2D eigenvalue weighted by atomic mass is 9.72. The van der Waals surface area contributed by atoms with Crippen molar-refractivity contribution in [1.29, 1.82) is 0 Å². The molecule has 3 nitrogen and oxygen atoms in total. The first-order valence-electron chi connectivity index (χ1n) is 12.6. The maximum absolute atomic E-state index is 10.6. The Kier molecular flexibility index (Phi) is 8.92. The maximum atomic E-state index is 10.6. The van der Waals surface area contributed by atoms with Crippen LogP contribution in [0.5, 0.6) is 0 Å². The number of hydrogen-bond donors (Lipinski definition) is 1. The van der Waals surface area contributed by atoms with E-state index in [4.69, 9.17) is 11.6 Å². The fourth-order valence-corrected chi connectivity index (χ4v) is 4.79. The number of fused-ring (bicyclic) bond motifs is 1. The summed E-state index contributed by atoms with van der Waals surface area (Å²) >= 11 is 6.15. The number of pyridine rings is 1.